The summed E-state index contributed by atoms with van der Waals surface area (Å²) in [6, 6.07) is 8.47. The van der Waals surface area contributed by atoms with Gasteiger partial charge in [-0.1, -0.05) is 37.3 Å². The van der Waals surface area contributed by atoms with Gasteiger partial charge in [-0.2, -0.15) is 0 Å². The SMILES string of the molecule is COCC(C)C(=O)N(Cc1ccccc1)C(C)C(=O)O. The molecule has 1 rings (SSSR count). The molecule has 0 saturated carbocycles. The van der Waals surface area contributed by atoms with Crippen LogP contribution < -0.4 is 0 Å². The van der Waals surface area contributed by atoms with Gasteiger partial charge in [0.1, 0.15) is 6.04 Å². The Morgan fingerprint density at radius 2 is 1.85 bits per heavy atom. The van der Waals surface area contributed by atoms with Gasteiger partial charge in [0, 0.05) is 13.7 Å². The molecule has 2 atom stereocenters. The lowest BCUT2D eigenvalue weighted by Gasteiger charge is -2.29. The Labute approximate surface area is 119 Å². The zero-order valence-corrected chi connectivity index (χ0v) is 12.1. The van der Waals surface area contributed by atoms with Crippen LogP contribution in [0.4, 0.5) is 0 Å². The van der Waals surface area contributed by atoms with Crippen LogP contribution >= 0.6 is 0 Å². The normalized spacial score (nSPS) is 13.6. The lowest BCUT2D eigenvalue weighted by atomic mass is 10.1. The molecular formula is C15H21NO4. The van der Waals surface area contributed by atoms with Crippen LogP contribution in [0.25, 0.3) is 0 Å². The van der Waals surface area contributed by atoms with Crippen molar-refractivity contribution >= 4 is 11.9 Å². The number of aliphatic carboxylic acids is 1. The number of carboxylic acids is 1. The number of nitrogens with zero attached hydrogens (tertiary/aromatic N) is 1. The average molecular weight is 279 g/mol. The number of carbonyl (C=O) groups is 2. The molecule has 1 aromatic rings. The van der Waals surface area contributed by atoms with Crippen LogP contribution in [0.3, 0.4) is 0 Å². The zero-order chi connectivity index (χ0) is 15.1. The lowest BCUT2D eigenvalue weighted by Crippen LogP contribution is -2.45. The molecule has 2 unspecified atom stereocenters. The highest BCUT2D eigenvalue weighted by molar-refractivity contribution is 5.84. The van der Waals surface area contributed by atoms with E-state index >= 15 is 0 Å². The van der Waals surface area contributed by atoms with Crippen molar-refractivity contribution in [3.05, 3.63) is 35.9 Å². The highest BCUT2D eigenvalue weighted by atomic mass is 16.5. The van der Waals surface area contributed by atoms with E-state index < -0.39 is 12.0 Å². The Balaban J connectivity index is 2.91. The number of carbonyl (C=O) groups excluding carboxylic acids is 1. The number of rotatable bonds is 7. The molecule has 0 radical (unpaired) electrons. The van der Waals surface area contributed by atoms with Gasteiger partial charge in [-0.3, -0.25) is 4.79 Å². The van der Waals surface area contributed by atoms with Crippen LogP contribution in [0.2, 0.25) is 0 Å². The Morgan fingerprint density at radius 1 is 1.25 bits per heavy atom. The molecule has 20 heavy (non-hydrogen) atoms. The molecule has 0 bridgehead atoms. The first-order chi connectivity index (χ1) is 9.47. The summed E-state index contributed by atoms with van der Waals surface area (Å²) in [5.41, 5.74) is 0.901. The molecule has 110 valence electrons. The first-order valence-corrected chi connectivity index (χ1v) is 6.53. The Morgan fingerprint density at radius 3 is 2.35 bits per heavy atom. The van der Waals surface area contributed by atoms with E-state index in [0.29, 0.717) is 0 Å². The van der Waals surface area contributed by atoms with Crippen LogP contribution in [0.1, 0.15) is 19.4 Å². The Kier molecular flexibility index (Phi) is 6.18. The number of amides is 1. The standard InChI is InChI=1S/C15H21NO4/c1-11(10-20-3)14(17)16(12(2)15(18)19)9-13-7-5-4-6-8-13/h4-8,11-12H,9-10H2,1-3H3,(H,18,19). The number of methoxy groups -OCH3 is 1. The van der Waals surface area contributed by atoms with E-state index in [4.69, 9.17) is 9.84 Å². The summed E-state index contributed by atoms with van der Waals surface area (Å²) in [7, 11) is 1.52. The second kappa shape index (κ2) is 7.65. The van der Waals surface area contributed by atoms with Crippen molar-refractivity contribution in [3.8, 4) is 0 Å². The molecule has 1 aromatic carbocycles. The maximum atomic E-state index is 12.4. The molecule has 0 fully saturated rings. The average Bonchev–Trinajstić information content (AvgIpc) is 2.44. The van der Waals surface area contributed by atoms with E-state index in [1.807, 2.05) is 30.3 Å². The van der Waals surface area contributed by atoms with Gasteiger partial charge < -0.3 is 14.7 Å². The predicted octanol–water partition coefficient (Wildman–Crippen LogP) is 1.77. The lowest BCUT2D eigenvalue weighted by molar-refractivity contribution is -0.152. The van der Waals surface area contributed by atoms with Crippen LogP contribution in [-0.2, 0) is 20.9 Å². The molecule has 0 aliphatic carbocycles. The maximum Gasteiger partial charge on any atom is 0.326 e. The van der Waals surface area contributed by atoms with Crippen molar-refractivity contribution in [2.24, 2.45) is 5.92 Å². The summed E-state index contributed by atoms with van der Waals surface area (Å²) in [5.74, 6) is -1.60. The molecule has 0 spiro atoms. The number of benzene rings is 1. The second-order valence-corrected chi connectivity index (χ2v) is 4.82. The highest BCUT2D eigenvalue weighted by Crippen LogP contribution is 2.13. The van der Waals surface area contributed by atoms with Gasteiger partial charge >= 0.3 is 5.97 Å². The van der Waals surface area contributed by atoms with Crippen LogP contribution in [-0.4, -0.2) is 41.6 Å². The summed E-state index contributed by atoms with van der Waals surface area (Å²) < 4.78 is 4.97. The van der Waals surface area contributed by atoms with Crippen molar-refractivity contribution in [1.29, 1.82) is 0 Å². The quantitative estimate of drug-likeness (QED) is 0.826. The van der Waals surface area contributed by atoms with Crippen LogP contribution in [0.15, 0.2) is 30.3 Å². The number of carboxylic acid groups (broad SMARTS) is 1. The van der Waals surface area contributed by atoms with Crippen molar-refractivity contribution in [3.63, 3.8) is 0 Å². The zero-order valence-electron chi connectivity index (χ0n) is 12.1. The van der Waals surface area contributed by atoms with Crippen molar-refractivity contribution in [2.45, 2.75) is 26.4 Å². The third-order valence-electron chi connectivity index (χ3n) is 3.14. The van der Waals surface area contributed by atoms with Gasteiger partial charge in [-0.15, -0.1) is 0 Å². The van der Waals surface area contributed by atoms with Gasteiger partial charge in [0.25, 0.3) is 0 Å². The molecule has 1 amide bonds. The third kappa shape index (κ3) is 4.35. The topological polar surface area (TPSA) is 66.8 Å². The maximum absolute atomic E-state index is 12.4. The van der Waals surface area contributed by atoms with Gasteiger partial charge in [-0.25, -0.2) is 4.79 Å². The van der Waals surface area contributed by atoms with Gasteiger partial charge in [-0.05, 0) is 12.5 Å². The summed E-state index contributed by atoms with van der Waals surface area (Å²) >= 11 is 0. The molecule has 0 aliphatic heterocycles. The van der Waals surface area contributed by atoms with E-state index in [1.54, 1.807) is 6.92 Å². The van der Waals surface area contributed by atoms with E-state index in [2.05, 4.69) is 0 Å². The largest absolute Gasteiger partial charge is 0.480 e. The second-order valence-electron chi connectivity index (χ2n) is 4.82. The summed E-state index contributed by atoms with van der Waals surface area (Å²) in [6.07, 6.45) is 0. The van der Waals surface area contributed by atoms with Crippen LogP contribution in [0.5, 0.6) is 0 Å². The minimum Gasteiger partial charge on any atom is -0.480 e. The summed E-state index contributed by atoms with van der Waals surface area (Å²) in [6.45, 7) is 3.80. The monoisotopic (exact) mass is 279 g/mol. The number of hydrogen-bond acceptors (Lipinski definition) is 3. The number of hydrogen-bond donors (Lipinski definition) is 1. The molecule has 0 aromatic heterocycles. The molecule has 5 nitrogen and oxygen atoms in total. The molecule has 0 aliphatic rings. The van der Waals surface area contributed by atoms with Gasteiger partial charge in [0.2, 0.25) is 5.91 Å². The Hall–Kier alpha value is -1.88. The number of ether oxygens (including phenoxy) is 1. The smallest absolute Gasteiger partial charge is 0.326 e. The molecule has 0 saturated heterocycles. The van der Waals surface area contributed by atoms with Gasteiger partial charge in [0.05, 0.1) is 12.5 Å². The van der Waals surface area contributed by atoms with E-state index in [9.17, 15) is 9.59 Å². The minimum absolute atomic E-state index is 0.217. The molecular weight excluding hydrogens is 258 g/mol. The fourth-order valence-corrected chi connectivity index (χ4v) is 1.92. The predicted molar refractivity (Wildman–Crippen MR) is 75.1 cm³/mol. The Bertz CT molecular complexity index is 446. The van der Waals surface area contributed by atoms with Crippen molar-refractivity contribution in [1.82, 2.24) is 4.90 Å². The molecule has 5 heteroatoms. The molecule has 1 N–H and O–H groups in total. The first-order valence-electron chi connectivity index (χ1n) is 6.53. The first kappa shape index (κ1) is 16.2. The minimum atomic E-state index is -1.01. The summed E-state index contributed by atoms with van der Waals surface area (Å²) in [5, 5.41) is 9.17. The van der Waals surface area contributed by atoms with Crippen LogP contribution in [0, 0.1) is 5.92 Å². The van der Waals surface area contributed by atoms with Gasteiger partial charge in [0.15, 0.2) is 0 Å². The third-order valence-corrected chi connectivity index (χ3v) is 3.14. The highest BCUT2D eigenvalue weighted by Gasteiger charge is 2.28. The fraction of sp³-hybridized carbons (Fsp3) is 0.467. The van der Waals surface area contributed by atoms with E-state index in [1.165, 1.54) is 18.9 Å². The van der Waals surface area contributed by atoms with Crippen molar-refractivity contribution in [2.75, 3.05) is 13.7 Å². The summed E-state index contributed by atoms with van der Waals surface area (Å²) in [4.78, 5) is 24.9. The van der Waals surface area contributed by atoms with Crippen molar-refractivity contribution < 1.29 is 19.4 Å². The fourth-order valence-electron chi connectivity index (χ4n) is 1.92. The van der Waals surface area contributed by atoms with E-state index in [-0.39, 0.29) is 25.0 Å². The van der Waals surface area contributed by atoms with E-state index in [0.717, 1.165) is 5.56 Å². The molecule has 0 heterocycles.